The molecule has 25 heavy (non-hydrogen) atoms. The number of thioether (sulfide) groups is 1. The Morgan fingerprint density at radius 1 is 1.08 bits per heavy atom. The molecule has 1 N–H and O–H groups in total. The van der Waals surface area contributed by atoms with Crippen LogP contribution in [-0.2, 0) is 15.6 Å². The van der Waals surface area contributed by atoms with Gasteiger partial charge in [0.2, 0.25) is 0 Å². The van der Waals surface area contributed by atoms with Crippen LogP contribution in [0.2, 0.25) is 0 Å². The highest BCUT2D eigenvalue weighted by Crippen LogP contribution is 2.16. The lowest BCUT2D eigenvalue weighted by atomic mass is 10.1. The van der Waals surface area contributed by atoms with E-state index in [9.17, 15) is 13.2 Å². The lowest BCUT2D eigenvalue weighted by Gasteiger charge is -2.09. The molecule has 0 saturated heterocycles. The van der Waals surface area contributed by atoms with Gasteiger partial charge in [-0.15, -0.1) is 0 Å². The molecule has 4 nitrogen and oxygen atoms in total. The third-order valence-electron chi connectivity index (χ3n) is 3.80. The predicted octanol–water partition coefficient (Wildman–Crippen LogP) is 3.37. The molecule has 1 amide bonds. The third kappa shape index (κ3) is 5.90. The van der Waals surface area contributed by atoms with Crippen LogP contribution in [0.5, 0.6) is 0 Å². The highest BCUT2D eigenvalue weighted by Gasteiger charge is 2.14. The molecule has 2 aromatic carbocycles. The zero-order chi connectivity index (χ0) is 18.4. The van der Waals surface area contributed by atoms with E-state index in [1.165, 1.54) is 23.3 Å². The first-order valence-corrected chi connectivity index (χ1v) is 11.0. The first-order chi connectivity index (χ1) is 11.8. The Morgan fingerprint density at radius 2 is 1.76 bits per heavy atom. The SMILES string of the molecule is Cc1ccc(CSCCNC(=O)c2cc(S(C)(=O)=O)ccc2C)cc1. The van der Waals surface area contributed by atoms with Crippen molar-refractivity contribution >= 4 is 27.5 Å². The van der Waals surface area contributed by atoms with Crippen molar-refractivity contribution in [3.8, 4) is 0 Å². The zero-order valence-corrected chi connectivity index (χ0v) is 16.3. The minimum absolute atomic E-state index is 0.164. The van der Waals surface area contributed by atoms with Gasteiger partial charge in [0.05, 0.1) is 4.90 Å². The molecule has 0 radical (unpaired) electrons. The summed E-state index contributed by atoms with van der Waals surface area (Å²) in [5, 5.41) is 2.86. The monoisotopic (exact) mass is 377 g/mol. The first-order valence-electron chi connectivity index (χ1n) is 7.99. The number of hydrogen-bond acceptors (Lipinski definition) is 4. The van der Waals surface area contributed by atoms with Crippen LogP contribution in [0.15, 0.2) is 47.4 Å². The molecule has 0 saturated carbocycles. The second-order valence-corrected chi connectivity index (χ2v) is 9.16. The number of rotatable bonds is 7. The molecule has 0 aliphatic rings. The maximum absolute atomic E-state index is 12.3. The van der Waals surface area contributed by atoms with Crippen LogP contribution in [0.4, 0.5) is 0 Å². The quantitative estimate of drug-likeness (QED) is 0.752. The standard InChI is InChI=1S/C19H23NO3S2/c1-14-4-7-16(8-5-14)13-24-11-10-20-19(21)18-12-17(25(3,22)23)9-6-15(18)2/h4-9,12H,10-11,13H2,1-3H3,(H,20,21). The van der Waals surface area contributed by atoms with E-state index in [-0.39, 0.29) is 10.8 Å². The van der Waals surface area contributed by atoms with Crippen molar-refractivity contribution in [2.24, 2.45) is 0 Å². The Labute approximate surface area is 154 Å². The smallest absolute Gasteiger partial charge is 0.251 e. The number of aryl methyl sites for hydroxylation is 2. The fourth-order valence-electron chi connectivity index (χ4n) is 2.28. The molecule has 6 heteroatoms. The molecule has 0 aromatic heterocycles. The van der Waals surface area contributed by atoms with Gasteiger partial charge < -0.3 is 5.32 Å². The van der Waals surface area contributed by atoms with E-state index in [4.69, 9.17) is 0 Å². The van der Waals surface area contributed by atoms with E-state index >= 15 is 0 Å². The molecule has 0 atom stereocenters. The summed E-state index contributed by atoms with van der Waals surface area (Å²) >= 11 is 1.75. The van der Waals surface area contributed by atoms with Crippen molar-refractivity contribution in [1.82, 2.24) is 5.32 Å². The second kappa shape index (κ2) is 8.54. The van der Waals surface area contributed by atoms with E-state index < -0.39 is 9.84 Å². The zero-order valence-electron chi connectivity index (χ0n) is 14.7. The highest BCUT2D eigenvalue weighted by molar-refractivity contribution is 7.98. The van der Waals surface area contributed by atoms with Crippen molar-refractivity contribution in [1.29, 1.82) is 0 Å². The number of carbonyl (C=O) groups excluding carboxylic acids is 1. The summed E-state index contributed by atoms with van der Waals surface area (Å²) in [5.74, 6) is 1.46. The normalized spacial score (nSPS) is 11.3. The van der Waals surface area contributed by atoms with Gasteiger partial charge in [-0.3, -0.25) is 4.79 Å². The van der Waals surface area contributed by atoms with Crippen LogP contribution < -0.4 is 5.32 Å². The van der Waals surface area contributed by atoms with Gasteiger partial charge in [-0.05, 0) is 37.1 Å². The number of hydrogen-bond donors (Lipinski definition) is 1. The van der Waals surface area contributed by atoms with Crippen molar-refractivity contribution in [2.75, 3.05) is 18.6 Å². The molecule has 0 aliphatic heterocycles. The summed E-state index contributed by atoms with van der Waals surface area (Å²) in [5.41, 5.74) is 3.68. The fourth-order valence-corrected chi connectivity index (χ4v) is 3.75. The van der Waals surface area contributed by atoms with Crippen molar-refractivity contribution in [2.45, 2.75) is 24.5 Å². The Balaban J connectivity index is 1.85. The Bertz CT molecular complexity index is 843. The average molecular weight is 378 g/mol. The van der Waals surface area contributed by atoms with Gasteiger partial charge in [0, 0.05) is 29.9 Å². The van der Waals surface area contributed by atoms with E-state index in [1.54, 1.807) is 24.8 Å². The van der Waals surface area contributed by atoms with Gasteiger partial charge in [0.15, 0.2) is 9.84 Å². The Morgan fingerprint density at radius 3 is 2.40 bits per heavy atom. The third-order valence-corrected chi connectivity index (χ3v) is 5.94. The van der Waals surface area contributed by atoms with E-state index in [1.807, 2.05) is 0 Å². The van der Waals surface area contributed by atoms with Gasteiger partial charge in [0.1, 0.15) is 0 Å². The van der Waals surface area contributed by atoms with Crippen LogP contribution in [-0.4, -0.2) is 32.9 Å². The lowest BCUT2D eigenvalue weighted by molar-refractivity contribution is 0.0955. The maximum atomic E-state index is 12.3. The number of sulfone groups is 1. The van der Waals surface area contributed by atoms with Gasteiger partial charge in [-0.2, -0.15) is 11.8 Å². The predicted molar refractivity (Wildman–Crippen MR) is 104 cm³/mol. The highest BCUT2D eigenvalue weighted by atomic mass is 32.2. The molecule has 0 aliphatic carbocycles. The summed E-state index contributed by atoms with van der Waals surface area (Å²) in [4.78, 5) is 12.5. The Hall–Kier alpha value is -1.79. The molecule has 2 aromatic rings. The molecule has 0 fully saturated rings. The summed E-state index contributed by atoms with van der Waals surface area (Å²) in [6.45, 7) is 4.40. The van der Waals surface area contributed by atoms with Crippen molar-refractivity contribution in [3.05, 3.63) is 64.7 Å². The molecule has 2 rings (SSSR count). The van der Waals surface area contributed by atoms with E-state index in [0.717, 1.165) is 23.3 Å². The minimum atomic E-state index is -3.32. The summed E-state index contributed by atoms with van der Waals surface area (Å²) in [6.07, 6.45) is 1.14. The van der Waals surface area contributed by atoms with Crippen LogP contribution >= 0.6 is 11.8 Å². The number of benzene rings is 2. The largest absolute Gasteiger partial charge is 0.351 e. The average Bonchev–Trinajstić information content (AvgIpc) is 2.55. The van der Waals surface area contributed by atoms with Gasteiger partial charge in [0.25, 0.3) is 5.91 Å². The molecule has 0 heterocycles. The second-order valence-electron chi connectivity index (χ2n) is 6.04. The summed E-state index contributed by atoms with van der Waals surface area (Å²) in [6, 6.07) is 13.0. The number of carbonyl (C=O) groups is 1. The van der Waals surface area contributed by atoms with Crippen LogP contribution in [0.25, 0.3) is 0 Å². The topological polar surface area (TPSA) is 63.2 Å². The van der Waals surface area contributed by atoms with Gasteiger partial charge in [-0.25, -0.2) is 8.42 Å². The number of nitrogens with one attached hydrogen (secondary N) is 1. The first kappa shape index (κ1) is 19.5. The molecule has 0 spiro atoms. The molecule has 134 valence electrons. The minimum Gasteiger partial charge on any atom is -0.351 e. The molecular formula is C19H23NO3S2. The maximum Gasteiger partial charge on any atom is 0.251 e. The van der Waals surface area contributed by atoms with Crippen LogP contribution in [0, 0.1) is 13.8 Å². The summed E-state index contributed by atoms with van der Waals surface area (Å²) < 4.78 is 23.3. The van der Waals surface area contributed by atoms with Gasteiger partial charge in [-0.1, -0.05) is 35.9 Å². The molecular weight excluding hydrogens is 354 g/mol. The molecule has 0 unspecified atom stereocenters. The van der Waals surface area contributed by atoms with Crippen molar-refractivity contribution < 1.29 is 13.2 Å². The van der Waals surface area contributed by atoms with Crippen LogP contribution in [0.3, 0.4) is 0 Å². The number of amides is 1. The van der Waals surface area contributed by atoms with E-state index in [0.29, 0.717) is 12.1 Å². The molecule has 0 bridgehead atoms. The summed E-state index contributed by atoms with van der Waals surface area (Å²) in [7, 11) is -3.32. The fraction of sp³-hybridized carbons (Fsp3) is 0.316. The Kier molecular flexibility index (Phi) is 6.67. The lowest BCUT2D eigenvalue weighted by Crippen LogP contribution is -2.26. The van der Waals surface area contributed by atoms with Crippen LogP contribution in [0.1, 0.15) is 27.0 Å². The van der Waals surface area contributed by atoms with Gasteiger partial charge >= 0.3 is 0 Å². The van der Waals surface area contributed by atoms with Crippen molar-refractivity contribution in [3.63, 3.8) is 0 Å². The van der Waals surface area contributed by atoms with E-state index in [2.05, 4.69) is 36.5 Å².